The van der Waals surface area contributed by atoms with E-state index in [2.05, 4.69) is 27.5 Å². The van der Waals surface area contributed by atoms with Crippen LogP contribution >= 0.6 is 0 Å². The molecule has 6 nitrogen and oxygen atoms in total. The molecule has 6 heteroatoms. The number of carbonyl (C=O) groups is 1. The normalized spacial score (nSPS) is 12.4. The lowest BCUT2D eigenvalue weighted by molar-refractivity contribution is 0.0915. The van der Waals surface area contributed by atoms with Gasteiger partial charge in [-0.15, -0.1) is 0 Å². The molecular weight excluding hydrogens is 282 g/mol. The molecule has 1 heterocycles. The Hall–Kier alpha value is -2.18. The van der Waals surface area contributed by atoms with Gasteiger partial charge in [-0.3, -0.25) is 9.69 Å². The number of hydrogen-bond acceptors (Lipinski definition) is 5. The molecule has 0 aliphatic rings. The molecule has 1 atom stereocenters. The van der Waals surface area contributed by atoms with Gasteiger partial charge in [0, 0.05) is 19.2 Å². The van der Waals surface area contributed by atoms with Gasteiger partial charge in [-0.1, -0.05) is 35.5 Å². The highest BCUT2D eigenvalue weighted by Crippen LogP contribution is 2.09. The maximum atomic E-state index is 11.8. The van der Waals surface area contributed by atoms with E-state index in [9.17, 15) is 4.79 Å². The first-order valence-electron chi connectivity index (χ1n) is 7.19. The molecule has 0 radical (unpaired) electrons. The first-order chi connectivity index (χ1) is 10.5. The third kappa shape index (κ3) is 4.98. The van der Waals surface area contributed by atoms with Crippen molar-refractivity contribution in [3.05, 3.63) is 53.4 Å². The summed E-state index contributed by atoms with van der Waals surface area (Å²) in [6, 6.07) is 11.7. The smallest absolute Gasteiger partial charge is 0.273 e. The van der Waals surface area contributed by atoms with E-state index in [1.165, 1.54) is 5.56 Å². The minimum Gasteiger partial charge on any atom is -0.392 e. The van der Waals surface area contributed by atoms with Gasteiger partial charge in [0.15, 0.2) is 11.5 Å². The number of aliphatic hydroxyl groups excluding tert-OH is 1. The predicted molar refractivity (Wildman–Crippen MR) is 82.1 cm³/mol. The van der Waals surface area contributed by atoms with Crippen LogP contribution < -0.4 is 5.32 Å². The highest BCUT2D eigenvalue weighted by atomic mass is 16.5. The second kappa shape index (κ2) is 7.72. The number of carbonyl (C=O) groups excluding carboxylic acids is 1. The Kier molecular flexibility index (Phi) is 5.68. The molecule has 0 saturated heterocycles. The van der Waals surface area contributed by atoms with E-state index >= 15 is 0 Å². The Balaban J connectivity index is 1.87. The number of rotatable bonds is 7. The van der Waals surface area contributed by atoms with Crippen LogP contribution in [0.4, 0.5) is 0 Å². The summed E-state index contributed by atoms with van der Waals surface area (Å²) < 4.78 is 5.19. The van der Waals surface area contributed by atoms with E-state index in [0.717, 1.165) is 6.54 Å². The molecule has 1 aromatic heterocycles. The average Bonchev–Trinajstić information content (AvgIpc) is 2.94. The maximum absolute atomic E-state index is 11.8. The van der Waals surface area contributed by atoms with Crippen LogP contribution in [-0.2, 0) is 13.1 Å². The van der Waals surface area contributed by atoms with Crippen molar-refractivity contribution < 1.29 is 14.4 Å². The fourth-order valence-corrected chi connectivity index (χ4v) is 2.04. The van der Waals surface area contributed by atoms with E-state index in [0.29, 0.717) is 12.3 Å². The molecule has 118 valence electrons. The highest BCUT2D eigenvalue weighted by Gasteiger charge is 2.14. The molecule has 0 saturated carbocycles. The molecule has 0 bridgehead atoms. The number of aromatic nitrogens is 1. The van der Waals surface area contributed by atoms with E-state index < -0.39 is 6.10 Å². The first-order valence-corrected chi connectivity index (χ1v) is 7.19. The molecule has 1 aromatic carbocycles. The number of nitrogens with zero attached hydrogens (tertiary/aromatic N) is 2. The second-order valence-corrected chi connectivity index (χ2v) is 5.40. The molecule has 22 heavy (non-hydrogen) atoms. The quantitative estimate of drug-likeness (QED) is 0.809. The highest BCUT2D eigenvalue weighted by molar-refractivity contribution is 5.92. The van der Waals surface area contributed by atoms with E-state index in [1.807, 2.05) is 25.2 Å². The van der Waals surface area contributed by atoms with Crippen molar-refractivity contribution >= 4 is 5.91 Å². The number of benzene rings is 1. The Morgan fingerprint density at radius 3 is 2.77 bits per heavy atom. The van der Waals surface area contributed by atoms with Crippen LogP contribution in [-0.4, -0.2) is 40.8 Å². The van der Waals surface area contributed by atoms with Gasteiger partial charge >= 0.3 is 0 Å². The topological polar surface area (TPSA) is 78.6 Å². The molecule has 0 aliphatic heterocycles. The lowest BCUT2D eigenvalue weighted by Gasteiger charge is -2.14. The Bertz CT molecular complexity index is 596. The van der Waals surface area contributed by atoms with E-state index in [4.69, 9.17) is 9.63 Å². The summed E-state index contributed by atoms with van der Waals surface area (Å²) in [6.07, 6.45) is -0.590. The van der Waals surface area contributed by atoms with Crippen LogP contribution in [0.1, 0.15) is 28.7 Å². The lowest BCUT2D eigenvalue weighted by Crippen LogP contribution is -2.30. The third-order valence-electron chi connectivity index (χ3n) is 3.07. The van der Waals surface area contributed by atoms with Crippen LogP contribution in [0.15, 0.2) is 40.9 Å². The fraction of sp³-hybridized carbons (Fsp3) is 0.375. The van der Waals surface area contributed by atoms with Crippen molar-refractivity contribution in [2.24, 2.45) is 0 Å². The predicted octanol–water partition coefficient (Wildman–Crippen LogP) is 1.42. The fourth-order valence-electron chi connectivity index (χ4n) is 2.04. The van der Waals surface area contributed by atoms with Gasteiger partial charge in [0.25, 0.3) is 5.91 Å². The first kappa shape index (κ1) is 16.2. The number of amides is 1. The summed E-state index contributed by atoms with van der Waals surface area (Å²) in [5.74, 6) is 0.280. The van der Waals surface area contributed by atoms with E-state index in [-0.39, 0.29) is 18.1 Å². The number of aliphatic hydroxyl groups is 1. The Morgan fingerprint density at radius 2 is 2.09 bits per heavy atom. The van der Waals surface area contributed by atoms with Gasteiger partial charge in [-0.05, 0) is 19.5 Å². The van der Waals surface area contributed by atoms with Crippen molar-refractivity contribution in [2.45, 2.75) is 26.1 Å². The second-order valence-electron chi connectivity index (χ2n) is 5.40. The molecule has 0 aliphatic carbocycles. The van der Waals surface area contributed by atoms with E-state index in [1.54, 1.807) is 13.0 Å². The zero-order valence-corrected chi connectivity index (χ0v) is 12.8. The summed E-state index contributed by atoms with van der Waals surface area (Å²) in [7, 11) is 1.97. The van der Waals surface area contributed by atoms with Gasteiger partial charge in [-0.25, -0.2) is 0 Å². The van der Waals surface area contributed by atoms with Crippen LogP contribution in [0.3, 0.4) is 0 Å². The van der Waals surface area contributed by atoms with Crippen molar-refractivity contribution in [2.75, 3.05) is 13.6 Å². The van der Waals surface area contributed by atoms with Crippen molar-refractivity contribution in [1.29, 1.82) is 0 Å². The SMILES string of the molecule is C[C@H](O)CNC(=O)c1cc(CN(C)Cc2ccccc2)on1. The van der Waals surface area contributed by atoms with Crippen molar-refractivity contribution in [3.8, 4) is 0 Å². The largest absolute Gasteiger partial charge is 0.392 e. The Labute approximate surface area is 129 Å². The van der Waals surface area contributed by atoms with Gasteiger partial charge < -0.3 is 14.9 Å². The zero-order valence-electron chi connectivity index (χ0n) is 12.8. The summed E-state index contributed by atoms with van der Waals surface area (Å²) in [5, 5.41) is 15.5. The van der Waals surface area contributed by atoms with Gasteiger partial charge in [0.1, 0.15) is 0 Å². The molecule has 2 N–H and O–H groups in total. The third-order valence-corrected chi connectivity index (χ3v) is 3.07. The molecular formula is C16H21N3O3. The summed E-state index contributed by atoms with van der Waals surface area (Å²) in [4.78, 5) is 13.9. The standard InChI is InChI=1S/C16H21N3O3/c1-12(20)9-17-16(21)15-8-14(22-18-15)11-19(2)10-13-6-4-3-5-7-13/h3-8,12,20H,9-11H2,1-2H3,(H,17,21)/t12-/m0/s1. The maximum Gasteiger partial charge on any atom is 0.273 e. The Morgan fingerprint density at radius 1 is 1.36 bits per heavy atom. The zero-order chi connectivity index (χ0) is 15.9. The summed E-state index contributed by atoms with van der Waals surface area (Å²) >= 11 is 0. The van der Waals surface area contributed by atoms with Gasteiger partial charge in [0.05, 0.1) is 12.6 Å². The number of nitrogens with one attached hydrogen (secondary N) is 1. The van der Waals surface area contributed by atoms with Gasteiger partial charge in [-0.2, -0.15) is 0 Å². The minimum atomic E-state index is -0.590. The van der Waals surface area contributed by atoms with Crippen LogP contribution in [0.5, 0.6) is 0 Å². The van der Waals surface area contributed by atoms with Crippen molar-refractivity contribution in [3.63, 3.8) is 0 Å². The molecule has 0 spiro atoms. The lowest BCUT2D eigenvalue weighted by atomic mass is 10.2. The monoisotopic (exact) mass is 303 g/mol. The van der Waals surface area contributed by atoms with Gasteiger partial charge in [0.2, 0.25) is 0 Å². The summed E-state index contributed by atoms with van der Waals surface area (Å²) in [5.41, 5.74) is 1.43. The van der Waals surface area contributed by atoms with Crippen molar-refractivity contribution in [1.82, 2.24) is 15.4 Å². The number of hydrogen-bond donors (Lipinski definition) is 2. The molecule has 2 rings (SSSR count). The molecule has 0 unspecified atom stereocenters. The van der Waals surface area contributed by atoms with Crippen LogP contribution in [0.2, 0.25) is 0 Å². The average molecular weight is 303 g/mol. The molecule has 0 fully saturated rings. The van der Waals surface area contributed by atoms with Crippen LogP contribution in [0.25, 0.3) is 0 Å². The molecule has 1 amide bonds. The molecule has 2 aromatic rings. The minimum absolute atomic E-state index is 0.189. The van der Waals surface area contributed by atoms with Crippen LogP contribution in [0, 0.1) is 0 Å². The summed E-state index contributed by atoms with van der Waals surface area (Å²) in [6.45, 7) is 3.14.